The van der Waals surface area contributed by atoms with E-state index in [4.69, 9.17) is 16.7 Å². The summed E-state index contributed by atoms with van der Waals surface area (Å²) in [6.07, 6.45) is 0. The largest absolute Gasteiger partial charge is 0.477 e. The third-order valence-corrected chi connectivity index (χ3v) is 6.61. The molecular formula is C12H9BrClNO4S2. The molecule has 0 fully saturated rings. The summed E-state index contributed by atoms with van der Waals surface area (Å²) in [7, 11) is -3.89. The molecule has 0 amide bonds. The summed E-state index contributed by atoms with van der Waals surface area (Å²) in [5.41, 5.74) is 1.13. The van der Waals surface area contributed by atoms with E-state index >= 15 is 0 Å². The first kappa shape index (κ1) is 16.3. The monoisotopic (exact) mass is 409 g/mol. The van der Waals surface area contributed by atoms with Gasteiger partial charge in [0.05, 0.1) is 9.47 Å². The highest BCUT2D eigenvalue weighted by atomic mass is 79.9. The van der Waals surface area contributed by atoms with Crippen LogP contribution in [0.5, 0.6) is 0 Å². The SMILES string of the molecule is Cc1ccc(NS(=O)(=O)c2cc(C(=O)O)sc2Br)cc1Cl. The van der Waals surface area contributed by atoms with E-state index < -0.39 is 16.0 Å². The molecule has 0 atom stereocenters. The fraction of sp³-hybridized carbons (Fsp3) is 0.0833. The molecule has 0 aliphatic heterocycles. The Morgan fingerprint density at radius 2 is 2.05 bits per heavy atom. The molecule has 21 heavy (non-hydrogen) atoms. The first-order valence-electron chi connectivity index (χ1n) is 5.52. The van der Waals surface area contributed by atoms with Crippen molar-refractivity contribution in [2.45, 2.75) is 11.8 Å². The van der Waals surface area contributed by atoms with Crippen molar-refractivity contribution in [3.05, 3.63) is 43.5 Å². The molecule has 5 nitrogen and oxygen atoms in total. The zero-order valence-electron chi connectivity index (χ0n) is 10.6. The summed E-state index contributed by atoms with van der Waals surface area (Å²) in [4.78, 5) is 10.7. The predicted molar refractivity (Wildman–Crippen MR) is 86.0 cm³/mol. The zero-order chi connectivity index (χ0) is 15.8. The molecule has 0 bridgehead atoms. The molecule has 2 aromatic rings. The number of hydrogen-bond acceptors (Lipinski definition) is 4. The van der Waals surface area contributed by atoms with Crippen molar-refractivity contribution in [1.29, 1.82) is 0 Å². The number of sulfonamides is 1. The van der Waals surface area contributed by atoms with Crippen molar-refractivity contribution in [2.75, 3.05) is 4.72 Å². The molecule has 2 N–H and O–H groups in total. The van der Waals surface area contributed by atoms with Crippen molar-refractivity contribution in [3.8, 4) is 0 Å². The Balaban J connectivity index is 2.38. The lowest BCUT2D eigenvalue weighted by molar-refractivity contribution is 0.0702. The maximum Gasteiger partial charge on any atom is 0.345 e. The molecular weight excluding hydrogens is 402 g/mol. The molecule has 1 aromatic carbocycles. The number of nitrogens with one attached hydrogen (secondary N) is 1. The second-order valence-corrected chi connectivity index (χ2v) is 8.55. The smallest absolute Gasteiger partial charge is 0.345 e. The number of carboxylic acid groups (broad SMARTS) is 1. The first-order chi connectivity index (χ1) is 9.70. The van der Waals surface area contributed by atoms with Crippen molar-refractivity contribution in [3.63, 3.8) is 0 Å². The summed E-state index contributed by atoms with van der Waals surface area (Å²) in [5, 5.41) is 9.34. The topological polar surface area (TPSA) is 83.5 Å². The maximum atomic E-state index is 12.3. The highest BCUT2D eigenvalue weighted by Crippen LogP contribution is 2.33. The molecule has 0 unspecified atom stereocenters. The van der Waals surface area contributed by atoms with Gasteiger partial charge in [-0.3, -0.25) is 4.72 Å². The summed E-state index contributed by atoms with van der Waals surface area (Å²) in [6.45, 7) is 1.80. The Morgan fingerprint density at radius 3 is 2.57 bits per heavy atom. The normalized spacial score (nSPS) is 11.4. The molecule has 0 aliphatic carbocycles. The third kappa shape index (κ3) is 3.57. The van der Waals surface area contributed by atoms with Gasteiger partial charge in [0, 0.05) is 5.02 Å². The van der Waals surface area contributed by atoms with Crippen LogP contribution in [0.4, 0.5) is 5.69 Å². The highest BCUT2D eigenvalue weighted by molar-refractivity contribution is 9.11. The van der Waals surface area contributed by atoms with Gasteiger partial charge in [-0.25, -0.2) is 13.2 Å². The minimum atomic E-state index is -3.89. The molecule has 0 radical (unpaired) electrons. The van der Waals surface area contributed by atoms with E-state index in [1.54, 1.807) is 19.1 Å². The molecule has 0 saturated heterocycles. The van der Waals surface area contributed by atoms with Gasteiger partial charge in [0.15, 0.2) is 0 Å². The lowest BCUT2D eigenvalue weighted by Gasteiger charge is -2.08. The van der Waals surface area contributed by atoms with Crippen LogP contribution in [-0.2, 0) is 10.0 Å². The minimum absolute atomic E-state index is 0.0656. The van der Waals surface area contributed by atoms with Gasteiger partial charge >= 0.3 is 5.97 Å². The van der Waals surface area contributed by atoms with Crippen LogP contribution >= 0.6 is 38.9 Å². The van der Waals surface area contributed by atoms with Crippen LogP contribution in [0.3, 0.4) is 0 Å². The summed E-state index contributed by atoms with van der Waals surface area (Å²) >= 11 is 9.85. The molecule has 0 saturated carbocycles. The summed E-state index contributed by atoms with van der Waals surface area (Å²) in [5.74, 6) is -1.18. The van der Waals surface area contributed by atoms with Gasteiger partial charge in [0.2, 0.25) is 0 Å². The molecule has 9 heteroatoms. The summed E-state index contributed by atoms with van der Waals surface area (Å²) < 4.78 is 27.2. The number of aromatic carboxylic acids is 1. The Morgan fingerprint density at radius 1 is 1.38 bits per heavy atom. The number of thiophene rings is 1. The van der Waals surface area contributed by atoms with Crippen LogP contribution < -0.4 is 4.72 Å². The fourth-order valence-electron chi connectivity index (χ4n) is 1.51. The number of carbonyl (C=O) groups is 1. The van der Waals surface area contributed by atoms with Gasteiger partial charge in [0.1, 0.15) is 9.77 Å². The van der Waals surface area contributed by atoms with Gasteiger partial charge < -0.3 is 5.11 Å². The number of anilines is 1. The lowest BCUT2D eigenvalue weighted by Crippen LogP contribution is -2.12. The quantitative estimate of drug-likeness (QED) is 0.799. The van der Waals surface area contributed by atoms with Crippen LogP contribution in [0, 0.1) is 6.92 Å². The van der Waals surface area contributed by atoms with E-state index in [1.807, 2.05) is 0 Å². The zero-order valence-corrected chi connectivity index (χ0v) is 14.5. The van der Waals surface area contributed by atoms with E-state index in [0.717, 1.165) is 23.0 Å². The van der Waals surface area contributed by atoms with E-state index in [0.29, 0.717) is 10.7 Å². The van der Waals surface area contributed by atoms with E-state index in [1.165, 1.54) is 6.07 Å². The van der Waals surface area contributed by atoms with Crippen LogP contribution in [-0.4, -0.2) is 19.5 Å². The fourth-order valence-corrected chi connectivity index (χ4v) is 5.14. The number of benzene rings is 1. The first-order valence-corrected chi connectivity index (χ1v) is 8.99. The van der Waals surface area contributed by atoms with E-state index in [-0.39, 0.29) is 13.6 Å². The Bertz CT molecular complexity index is 817. The van der Waals surface area contributed by atoms with Gasteiger partial charge in [-0.2, -0.15) is 0 Å². The second kappa shape index (κ2) is 5.96. The maximum absolute atomic E-state index is 12.3. The molecule has 0 aliphatic rings. The van der Waals surface area contributed by atoms with Gasteiger partial charge in [-0.05, 0) is 46.6 Å². The van der Waals surface area contributed by atoms with Crippen molar-refractivity contribution in [1.82, 2.24) is 0 Å². The average Bonchev–Trinajstić information content (AvgIpc) is 2.77. The number of hydrogen-bond donors (Lipinski definition) is 2. The summed E-state index contributed by atoms with van der Waals surface area (Å²) in [6, 6.07) is 5.87. The number of rotatable bonds is 4. The van der Waals surface area contributed by atoms with Crippen LogP contribution in [0.25, 0.3) is 0 Å². The van der Waals surface area contributed by atoms with Crippen LogP contribution in [0.1, 0.15) is 15.2 Å². The van der Waals surface area contributed by atoms with E-state index in [2.05, 4.69) is 20.7 Å². The molecule has 1 heterocycles. The van der Waals surface area contributed by atoms with Gasteiger partial charge in [0.25, 0.3) is 10.0 Å². The average molecular weight is 411 g/mol. The predicted octanol–water partition coefficient (Wildman–Crippen LogP) is 3.97. The molecule has 2 rings (SSSR count). The van der Waals surface area contributed by atoms with Crippen LogP contribution in [0.2, 0.25) is 5.02 Å². The number of halogens is 2. The van der Waals surface area contributed by atoms with Crippen molar-refractivity contribution >= 4 is 60.5 Å². The standard InChI is InChI=1S/C12H9BrClNO4S2/c1-6-2-3-7(4-8(6)14)15-21(18,19)10-5-9(12(16)17)20-11(10)13/h2-5,15H,1H3,(H,16,17). The van der Waals surface area contributed by atoms with Gasteiger partial charge in [-0.15, -0.1) is 11.3 Å². The Kier molecular flexibility index (Phi) is 4.62. The molecule has 112 valence electrons. The van der Waals surface area contributed by atoms with Crippen molar-refractivity contribution in [2.24, 2.45) is 0 Å². The number of carboxylic acids is 1. The van der Waals surface area contributed by atoms with E-state index in [9.17, 15) is 13.2 Å². The highest BCUT2D eigenvalue weighted by Gasteiger charge is 2.23. The Labute approximate surface area is 138 Å². The molecule has 0 spiro atoms. The Hall–Kier alpha value is -1.09. The molecule has 1 aromatic heterocycles. The third-order valence-electron chi connectivity index (χ3n) is 2.58. The second-order valence-electron chi connectivity index (χ2n) is 4.12. The van der Waals surface area contributed by atoms with Crippen molar-refractivity contribution < 1.29 is 18.3 Å². The van der Waals surface area contributed by atoms with Crippen LogP contribution in [0.15, 0.2) is 32.9 Å². The van der Waals surface area contributed by atoms with Gasteiger partial charge in [-0.1, -0.05) is 17.7 Å². The minimum Gasteiger partial charge on any atom is -0.477 e. The number of aryl methyl sites for hydroxylation is 1. The lowest BCUT2D eigenvalue weighted by atomic mass is 10.2.